The molecule has 217 valence electrons. The van der Waals surface area contributed by atoms with E-state index in [1.54, 1.807) is 0 Å². The molecule has 1 radical (unpaired) electrons. The summed E-state index contributed by atoms with van der Waals surface area (Å²) in [5.74, 6) is 0. The van der Waals surface area contributed by atoms with Crippen molar-refractivity contribution in [3.05, 3.63) is 6.92 Å². The van der Waals surface area contributed by atoms with Crippen molar-refractivity contribution in [2.75, 3.05) is 26.3 Å². The molecule has 0 fully saturated rings. The van der Waals surface area contributed by atoms with Gasteiger partial charge in [-0.15, -0.1) is 0 Å². The van der Waals surface area contributed by atoms with Gasteiger partial charge in [0.1, 0.15) is 0 Å². The van der Waals surface area contributed by atoms with Gasteiger partial charge in [-0.25, -0.2) is 0 Å². The molecule has 1 N–H and O–H groups in total. The van der Waals surface area contributed by atoms with E-state index in [1.165, 1.54) is 173 Å². The van der Waals surface area contributed by atoms with Crippen molar-refractivity contribution in [3.8, 4) is 0 Å². The van der Waals surface area contributed by atoms with E-state index in [0.29, 0.717) is 0 Å². The lowest BCUT2D eigenvalue weighted by molar-refractivity contribution is 0.131. The van der Waals surface area contributed by atoms with Gasteiger partial charge in [-0.2, -0.15) is 0 Å². The highest BCUT2D eigenvalue weighted by Gasteiger charge is 1.97. The molecule has 0 unspecified atom stereocenters. The summed E-state index contributed by atoms with van der Waals surface area (Å²) in [4.78, 5) is 0. The zero-order valence-electron chi connectivity index (χ0n) is 25.2. The summed E-state index contributed by atoms with van der Waals surface area (Å²) < 4.78 is 5.69. The fraction of sp³-hybridized carbons (Fsp3) is 0.971. The summed E-state index contributed by atoms with van der Waals surface area (Å²) in [5, 5.41) is 3.39. The molecule has 2 nitrogen and oxygen atoms in total. The number of unbranched alkanes of at least 4 members (excludes halogenated alkanes) is 26. The Morgan fingerprint density at radius 1 is 0.389 bits per heavy atom. The molecule has 0 aromatic heterocycles. The molecule has 2 heteroatoms. The van der Waals surface area contributed by atoms with E-state index < -0.39 is 0 Å². The Morgan fingerprint density at radius 2 is 0.722 bits per heavy atom. The van der Waals surface area contributed by atoms with Gasteiger partial charge in [0.25, 0.3) is 0 Å². The van der Waals surface area contributed by atoms with Crippen LogP contribution in [0.1, 0.15) is 187 Å². The molecule has 0 atom stereocenters. The van der Waals surface area contributed by atoms with Gasteiger partial charge in [0.15, 0.2) is 0 Å². The van der Waals surface area contributed by atoms with Gasteiger partial charge in [0, 0.05) is 13.2 Å². The van der Waals surface area contributed by atoms with Crippen molar-refractivity contribution in [2.24, 2.45) is 0 Å². The second-order valence-electron chi connectivity index (χ2n) is 11.4. The van der Waals surface area contributed by atoms with Gasteiger partial charge >= 0.3 is 0 Å². The Hall–Kier alpha value is -0.0800. The summed E-state index contributed by atoms with van der Waals surface area (Å²) in [7, 11) is 0. The molecule has 0 heterocycles. The molecule has 0 spiro atoms. The minimum absolute atomic E-state index is 0.858. The third-order valence-electron chi connectivity index (χ3n) is 7.67. The van der Waals surface area contributed by atoms with E-state index in [4.69, 9.17) is 4.74 Å². The van der Waals surface area contributed by atoms with Gasteiger partial charge in [0.2, 0.25) is 0 Å². The van der Waals surface area contributed by atoms with Gasteiger partial charge in [-0.05, 0) is 19.4 Å². The predicted octanol–water partition coefficient (Wildman–Crippen LogP) is 11.4. The third kappa shape index (κ3) is 33.9. The van der Waals surface area contributed by atoms with Gasteiger partial charge in [0.05, 0.1) is 6.61 Å². The normalized spacial score (nSPS) is 11.5. The first kappa shape index (κ1) is 35.9. The SMILES string of the molecule is [CH2]CCCNCCOCCCCCCCCCCCCCCCCCCCCCCCCCCCC. The zero-order chi connectivity index (χ0) is 26.0. The van der Waals surface area contributed by atoms with Crippen LogP contribution in [-0.4, -0.2) is 26.3 Å². The van der Waals surface area contributed by atoms with Crippen molar-refractivity contribution in [1.82, 2.24) is 5.32 Å². The first-order valence-electron chi connectivity index (χ1n) is 17.0. The molecule has 0 rings (SSSR count). The first-order chi connectivity index (χ1) is 17.9. The number of hydrogen-bond acceptors (Lipinski definition) is 2. The third-order valence-corrected chi connectivity index (χ3v) is 7.67. The molecule has 0 saturated carbocycles. The summed E-state index contributed by atoms with van der Waals surface area (Å²) in [6.45, 7) is 10.0. The summed E-state index contributed by atoms with van der Waals surface area (Å²) in [6.07, 6.45) is 39.9. The average Bonchev–Trinajstić information content (AvgIpc) is 2.89. The van der Waals surface area contributed by atoms with Gasteiger partial charge in [-0.1, -0.05) is 181 Å². The first-order valence-corrected chi connectivity index (χ1v) is 17.0. The number of nitrogens with one attached hydrogen (secondary N) is 1. The monoisotopic (exact) mass is 509 g/mol. The van der Waals surface area contributed by atoms with E-state index >= 15 is 0 Å². The lowest BCUT2D eigenvalue weighted by Gasteiger charge is -2.06. The second-order valence-corrected chi connectivity index (χ2v) is 11.4. The Morgan fingerprint density at radius 3 is 1.06 bits per heavy atom. The zero-order valence-corrected chi connectivity index (χ0v) is 25.2. The van der Waals surface area contributed by atoms with Crippen molar-refractivity contribution < 1.29 is 4.74 Å². The predicted molar refractivity (Wildman–Crippen MR) is 164 cm³/mol. The van der Waals surface area contributed by atoms with Crippen LogP contribution in [0.3, 0.4) is 0 Å². The van der Waals surface area contributed by atoms with E-state index in [0.717, 1.165) is 32.7 Å². The fourth-order valence-electron chi connectivity index (χ4n) is 5.14. The Balaban J connectivity index is 3.00. The molecule has 0 aliphatic carbocycles. The molecular weight excluding hydrogens is 438 g/mol. The van der Waals surface area contributed by atoms with Crippen LogP contribution < -0.4 is 5.32 Å². The molecule has 0 aromatic rings. The molecule has 0 aliphatic heterocycles. The van der Waals surface area contributed by atoms with Crippen molar-refractivity contribution in [1.29, 1.82) is 0 Å². The Kier molecular flexibility index (Phi) is 34.8. The van der Waals surface area contributed by atoms with Crippen LogP contribution in [0.25, 0.3) is 0 Å². The highest BCUT2D eigenvalue weighted by Crippen LogP contribution is 2.16. The highest BCUT2D eigenvalue weighted by molar-refractivity contribution is 4.52. The largest absolute Gasteiger partial charge is 0.380 e. The van der Waals surface area contributed by atoms with Gasteiger partial charge in [-0.3, -0.25) is 0 Å². The van der Waals surface area contributed by atoms with Crippen molar-refractivity contribution >= 4 is 0 Å². The smallest absolute Gasteiger partial charge is 0.0590 e. The van der Waals surface area contributed by atoms with Crippen LogP contribution in [0, 0.1) is 6.92 Å². The standard InChI is InChI=1S/C34H70NO/c1-3-5-7-8-9-10-11-12-13-14-15-16-17-18-19-20-21-22-23-24-25-26-27-28-29-30-33-36-34-32-35-31-6-4-2/h35H,2-34H2,1H3. The maximum atomic E-state index is 5.69. The van der Waals surface area contributed by atoms with Gasteiger partial charge < -0.3 is 10.1 Å². The lowest BCUT2D eigenvalue weighted by Crippen LogP contribution is -2.20. The number of rotatable bonds is 33. The minimum atomic E-state index is 0.858. The molecule has 0 bridgehead atoms. The second kappa shape index (κ2) is 34.9. The maximum Gasteiger partial charge on any atom is 0.0590 e. The van der Waals surface area contributed by atoms with Crippen molar-refractivity contribution in [3.63, 3.8) is 0 Å². The molecular formula is C34H70NO. The molecule has 0 amide bonds. The summed E-state index contributed by atoms with van der Waals surface area (Å²) >= 11 is 0. The van der Waals surface area contributed by atoms with E-state index in [1.807, 2.05) is 0 Å². The van der Waals surface area contributed by atoms with E-state index in [2.05, 4.69) is 19.2 Å². The number of ether oxygens (including phenoxy) is 1. The van der Waals surface area contributed by atoms with Crippen LogP contribution in [0.5, 0.6) is 0 Å². The van der Waals surface area contributed by atoms with Crippen LogP contribution in [0.2, 0.25) is 0 Å². The van der Waals surface area contributed by atoms with Crippen LogP contribution >= 0.6 is 0 Å². The topological polar surface area (TPSA) is 21.3 Å². The molecule has 0 aliphatic rings. The average molecular weight is 509 g/mol. The molecule has 0 saturated heterocycles. The molecule has 0 aromatic carbocycles. The van der Waals surface area contributed by atoms with E-state index in [9.17, 15) is 0 Å². The van der Waals surface area contributed by atoms with Crippen LogP contribution in [0.15, 0.2) is 0 Å². The maximum absolute atomic E-state index is 5.69. The Bertz CT molecular complexity index is 325. The fourth-order valence-corrected chi connectivity index (χ4v) is 5.14. The summed E-state index contributed by atoms with van der Waals surface area (Å²) in [6, 6.07) is 0. The summed E-state index contributed by atoms with van der Waals surface area (Å²) in [5.41, 5.74) is 0. The quantitative estimate of drug-likeness (QED) is 0.0890. The Labute approximate surface area is 229 Å². The van der Waals surface area contributed by atoms with Crippen LogP contribution in [-0.2, 0) is 4.74 Å². The van der Waals surface area contributed by atoms with Crippen LogP contribution in [0.4, 0.5) is 0 Å². The molecule has 36 heavy (non-hydrogen) atoms. The highest BCUT2D eigenvalue weighted by atomic mass is 16.5. The lowest BCUT2D eigenvalue weighted by atomic mass is 10.0. The van der Waals surface area contributed by atoms with E-state index in [-0.39, 0.29) is 0 Å². The van der Waals surface area contributed by atoms with Crippen molar-refractivity contribution in [2.45, 2.75) is 187 Å². The minimum Gasteiger partial charge on any atom is -0.380 e. The number of hydrogen-bond donors (Lipinski definition) is 1.